The molecule has 74 valence electrons. The minimum atomic E-state index is -3.67. The van der Waals surface area contributed by atoms with Crippen molar-refractivity contribution in [3.05, 3.63) is 23.8 Å². The number of benzene rings is 1. The van der Waals surface area contributed by atoms with Crippen LogP contribution in [0, 0.1) is 0 Å². The smallest absolute Gasteiger partial charge is 0.266 e. The second kappa shape index (κ2) is 2.71. The lowest BCUT2D eigenvalue weighted by molar-refractivity contribution is 0.0985. The van der Waals surface area contributed by atoms with E-state index in [0.29, 0.717) is 5.75 Å². The summed E-state index contributed by atoms with van der Waals surface area (Å²) in [7, 11) is -2.24. The Hall–Kier alpha value is -1.56. The van der Waals surface area contributed by atoms with Gasteiger partial charge in [0.25, 0.3) is 15.9 Å². The minimum absolute atomic E-state index is 0.0261. The molecule has 2 rings (SSSR count). The number of carbonyl (C=O) groups excluding carboxylic acids is 1. The molecule has 0 aliphatic carbocycles. The molecule has 1 N–H and O–H groups in total. The molecule has 0 spiro atoms. The first-order valence-corrected chi connectivity index (χ1v) is 5.28. The van der Waals surface area contributed by atoms with Gasteiger partial charge in [-0.2, -0.15) is 0 Å². The van der Waals surface area contributed by atoms with Crippen molar-refractivity contribution >= 4 is 15.9 Å². The Balaban J connectivity index is 2.71. The quantitative estimate of drug-likeness (QED) is 0.719. The van der Waals surface area contributed by atoms with Crippen LogP contribution in [0.4, 0.5) is 0 Å². The highest BCUT2D eigenvalue weighted by molar-refractivity contribution is 7.90. The summed E-state index contributed by atoms with van der Waals surface area (Å²) in [6, 6.07) is 4.29. The molecule has 6 heteroatoms. The second-order valence-electron chi connectivity index (χ2n) is 2.80. The second-order valence-corrected chi connectivity index (χ2v) is 4.45. The lowest BCUT2D eigenvalue weighted by Crippen LogP contribution is -2.20. The molecule has 1 aliphatic heterocycles. The molecule has 5 nitrogen and oxygen atoms in total. The number of methoxy groups -OCH3 is 1. The number of hydrogen-bond acceptors (Lipinski definition) is 4. The van der Waals surface area contributed by atoms with E-state index in [1.54, 1.807) is 6.07 Å². The zero-order chi connectivity index (χ0) is 10.3. The van der Waals surface area contributed by atoms with E-state index in [2.05, 4.69) is 0 Å². The standard InChI is InChI=1S/C8H7NO4S/c1-13-5-2-3-6-7(4-5)14(11,12)9-8(6)10/h2-4H,1H3,(H,9,10). The van der Waals surface area contributed by atoms with Crippen molar-refractivity contribution < 1.29 is 17.9 Å². The van der Waals surface area contributed by atoms with E-state index in [1.165, 1.54) is 19.2 Å². The fraction of sp³-hybridized carbons (Fsp3) is 0.125. The fourth-order valence-electron chi connectivity index (χ4n) is 1.27. The summed E-state index contributed by atoms with van der Waals surface area (Å²) in [4.78, 5) is 11.1. The summed E-state index contributed by atoms with van der Waals surface area (Å²) < 4.78 is 29.4. The Morgan fingerprint density at radius 2 is 2.07 bits per heavy atom. The lowest BCUT2D eigenvalue weighted by Gasteiger charge is -2.00. The Morgan fingerprint density at radius 1 is 1.36 bits per heavy atom. The maximum absolute atomic E-state index is 11.3. The van der Waals surface area contributed by atoms with Gasteiger partial charge in [0.2, 0.25) is 0 Å². The maximum Gasteiger partial charge on any atom is 0.266 e. The number of sulfonamides is 1. The predicted octanol–water partition coefficient (Wildman–Crippen LogP) is 0.127. The third-order valence-electron chi connectivity index (χ3n) is 1.95. The van der Waals surface area contributed by atoms with Crippen molar-refractivity contribution in [2.24, 2.45) is 0 Å². The average molecular weight is 213 g/mol. The van der Waals surface area contributed by atoms with E-state index < -0.39 is 15.9 Å². The Bertz CT molecular complexity index is 506. The molecule has 1 aliphatic rings. The van der Waals surface area contributed by atoms with Crippen LogP contribution in [0.15, 0.2) is 23.1 Å². The van der Waals surface area contributed by atoms with Gasteiger partial charge in [0, 0.05) is 6.07 Å². The van der Waals surface area contributed by atoms with Crippen LogP contribution in [0.1, 0.15) is 10.4 Å². The largest absolute Gasteiger partial charge is 0.497 e. The first-order valence-electron chi connectivity index (χ1n) is 3.80. The van der Waals surface area contributed by atoms with Gasteiger partial charge in [-0.25, -0.2) is 13.1 Å². The molecule has 0 atom stereocenters. The molecule has 0 aromatic heterocycles. The molecule has 1 aromatic carbocycles. The van der Waals surface area contributed by atoms with Crippen molar-refractivity contribution in [2.75, 3.05) is 7.11 Å². The van der Waals surface area contributed by atoms with Gasteiger partial charge in [-0.3, -0.25) is 4.79 Å². The zero-order valence-electron chi connectivity index (χ0n) is 7.27. The van der Waals surface area contributed by atoms with Crippen molar-refractivity contribution in [3.63, 3.8) is 0 Å². The molecule has 0 saturated heterocycles. The molecule has 14 heavy (non-hydrogen) atoms. The third kappa shape index (κ3) is 1.15. The van der Waals surface area contributed by atoms with Gasteiger partial charge in [-0.05, 0) is 12.1 Å². The number of hydrogen-bond donors (Lipinski definition) is 1. The molecule has 0 saturated carbocycles. The maximum atomic E-state index is 11.3. The summed E-state index contributed by atoms with van der Waals surface area (Å²) in [5.74, 6) is -0.188. The summed E-state index contributed by atoms with van der Waals surface area (Å²) in [6.45, 7) is 0. The number of rotatable bonds is 1. The SMILES string of the molecule is COc1ccc2c(c1)S(=O)(=O)NC2=O. The Kier molecular flexibility index (Phi) is 1.75. The van der Waals surface area contributed by atoms with Gasteiger partial charge in [0.15, 0.2) is 0 Å². The Labute approximate surface area is 80.7 Å². The van der Waals surface area contributed by atoms with Crippen LogP contribution in [0.2, 0.25) is 0 Å². The van der Waals surface area contributed by atoms with Crippen LogP contribution in [-0.4, -0.2) is 21.4 Å². The monoisotopic (exact) mass is 213 g/mol. The van der Waals surface area contributed by atoms with Crippen molar-refractivity contribution in [2.45, 2.75) is 4.90 Å². The summed E-state index contributed by atoms with van der Waals surface area (Å²) in [5.41, 5.74) is 0.158. The van der Waals surface area contributed by atoms with E-state index in [1.807, 2.05) is 4.72 Å². The molecule has 0 radical (unpaired) electrons. The van der Waals surface area contributed by atoms with Crippen LogP contribution in [-0.2, 0) is 10.0 Å². The highest BCUT2D eigenvalue weighted by Gasteiger charge is 2.32. The van der Waals surface area contributed by atoms with E-state index in [-0.39, 0.29) is 10.5 Å². The number of amides is 1. The topological polar surface area (TPSA) is 72.5 Å². The van der Waals surface area contributed by atoms with Gasteiger partial charge in [0.05, 0.1) is 12.7 Å². The molecule has 1 heterocycles. The highest BCUT2D eigenvalue weighted by atomic mass is 32.2. The molecule has 1 aromatic rings. The Morgan fingerprint density at radius 3 is 2.71 bits per heavy atom. The van der Waals surface area contributed by atoms with Crippen LogP contribution in [0.3, 0.4) is 0 Å². The van der Waals surface area contributed by atoms with E-state index >= 15 is 0 Å². The van der Waals surface area contributed by atoms with Crippen LogP contribution in [0.25, 0.3) is 0 Å². The first kappa shape index (κ1) is 9.01. The molecular formula is C8H7NO4S. The summed E-state index contributed by atoms with van der Waals surface area (Å²) >= 11 is 0. The number of nitrogens with one attached hydrogen (secondary N) is 1. The molecule has 0 bridgehead atoms. The molecule has 1 amide bonds. The number of ether oxygens (including phenoxy) is 1. The lowest BCUT2D eigenvalue weighted by atomic mass is 10.2. The molecular weight excluding hydrogens is 206 g/mol. The third-order valence-corrected chi connectivity index (χ3v) is 3.32. The zero-order valence-corrected chi connectivity index (χ0v) is 8.09. The predicted molar refractivity (Wildman–Crippen MR) is 47.6 cm³/mol. The van der Waals surface area contributed by atoms with Crippen molar-refractivity contribution in [3.8, 4) is 5.75 Å². The van der Waals surface area contributed by atoms with Crippen LogP contribution >= 0.6 is 0 Å². The summed E-state index contributed by atoms with van der Waals surface area (Å²) in [6.07, 6.45) is 0. The first-order chi connectivity index (χ1) is 6.54. The van der Waals surface area contributed by atoms with Gasteiger partial charge in [0.1, 0.15) is 10.6 Å². The summed E-state index contributed by atoms with van der Waals surface area (Å²) in [5, 5.41) is 0. The highest BCUT2D eigenvalue weighted by Crippen LogP contribution is 2.26. The van der Waals surface area contributed by atoms with E-state index in [9.17, 15) is 13.2 Å². The minimum Gasteiger partial charge on any atom is -0.497 e. The number of carbonyl (C=O) groups is 1. The fourth-order valence-corrected chi connectivity index (χ4v) is 2.46. The van der Waals surface area contributed by atoms with E-state index in [0.717, 1.165) is 0 Å². The van der Waals surface area contributed by atoms with E-state index in [4.69, 9.17) is 4.74 Å². The van der Waals surface area contributed by atoms with Gasteiger partial charge in [-0.1, -0.05) is 0 Å². The van der Waals surface area contributed by atoms with Gasteiger partial charge in [-0.15, -0.1) is 0 Å². The van der Waals surface area contributed by atoms with Crippen LogP contribution in [0.5, 0.6) is 5.75 Å². The van der Waals surface area contributed by atoms with Crippen molar-refractivity contribution in [1.29, 1.82) is 0 Å². The van der Waals surface area contributed by atoms with Crippen LogP contribution < -0.4 is 9.46 Å². The van der Waals surface area contributed by atoms with Crippen molar-refractivity contribution in [1.82, 2.24) is 4.72 Å². The average Bonchev–Trinajstić information content (AvgIpc) is 2.37. The normalized spacial score (nSPS) is 17.4. The molecule has 0 unspecified atom stereocenters. The number of fused-ring (bicyclic) bond motifs is 1. The van der Waals surface area contributed by atoms with Gasteiger partial charge >= 0.3 is 0 Å². The molecule has 0 fully saturated rings. The van der Waals surface area contributed by atoms with Gasteiger partial charge < -0.3 is 4.74 Å².